The summed E-state index contributed by atoms with van der Waals surface area (Å²) >= 11 is 0. The first-order chi connectivity index (χ1) is 14.2. The molecule has 3 amide bonds. The summed E-state index contributed by atoms with van der Waals surface area (Å²) in [7, 11) is 0. The molecular weight excluding hydrogens is 389 g/mol. The van der Waals surface area contributed by atoms with Crippen molar-refractivity contribution in [2.75, 3.05) is 6.61 Å². The van der Waals surface area contributed by atoms with Gasteiger partial charge in [-0.3, -0.25) is 25.2 Å². The summed E-state index contributed by atoms with van der Waals surface area (Å²) in [5.41, 5.74) is 6.60. The number of para-hydroxylation sites is 1. The van der Waals surface area contributed by atoms with Gasteiger partial charge in [0, 0.05) is 5.56 Å². The average molecular weight is 415 g/mol. The Morgan fingerprint density at radius 1 is 0.967 bits per heavy atom. The second kappa shape index (κ2) is 10.4. The summed E-state index contributed by atoms with van der Waals surface area (Å²) in [5, 5.41) is 2.59. The Hall–Kier alpha value is -3.42. The molecule has 7 nitrogen and oxygen atoms in total. The monoisotopic (exact) mass is 415 g/mol. The molecule has 30 heavy (non-hydrogen) atoms. The first-order valence-electron chi connectivity index (χ1n) is 9.53. The van der Waals surface area contributed by atoms with Crippen LogP contribution in [-0.2, 0) is 9.59 Å². The van der Waals surface area contributed by atoms with Crippen molar-refractivity contribution in [2.24, 2.45) is 5.92 Å². The van der Waals surface area contributed by atoms with E-state index in [2.05, 4.69) is 16.2 Å². The van der Waals surface area contributed by atoms with Gasteiger partial charge in [-0.25, -0.2) is 4.39 Å². The van der Waals surface area contributed by atoms with Gasteiger partial charge in [-0.1, -0.05) is 32.0 Å². The lowest BCUT2D eigenvalue weighted by atomic mass is 10.0. The smallest absolute Gasteiger partial charge is 0.276 e. The summed E-state index contributed by atoms with van der Waals surface area (Å²) in [5.74, 6) is -1.74. The normalized spacial score (nSPS) is 11.5. The van der Waals surface area contributed by atoms with Crippen LogP contribution in [0.15, 0.2) is 42.5 Å². The minimum atomic E-state index is -0.901. The van der Waals surface area contributed by atoms with E-state index in [0.29, 0.717) is 5.75 Å². The van der Waals surface area contributed by atoms with E-state index in [1.807, 2.05) is 32.0 Å². The number of ether oxygens (including phenoxy) is 1. The summed E-state index contributed by atoms with van der Waals surface area (Å²) in [6.07, 6.45) is 0. The zero-order valence-corrected chi connectivity index (χ0v) is 17.4. The Kier molecular flexibility index (Phi) is 7.91. The number of amides is 3. The Balaban J connectivity index is 1.89. The molecule has 1 unspecified atom stereocenters. The molecule has 160 valence electrons. The molecule has 0 radical (unpaired) electrons. The zero-order valence-electron chi connectivity index (χ0n) is 17.4. The van der Waals surface area contributed by atoms with Crippen molar-refractivity contribution >= 4 is 17.7 Å². The summed E-state index contributed by atoms with van der Waals surface area (Å²) in [6.45, 7) is 6.97. The third kappa shape index (κ3) is 6.30. The van der Waals surface area contributed by atoms with Gasteiger partial charge >= 0.3 is 0 Å². The first kappa shape index (κ1) is 22.9. The maximum absolute atomic E-state index is 13.0. The number of rotatable bonds is 7. The first-order valence-corrected chi connectivity index (χ1v) is 9.53. The molecule has 8 heteroatoms. The van der Waals surface area contributed by atoms with Gasteiger partial charge < -0.3 is 10.1 Å². The standard InChI is InChI=1S/C22H26FN3O4/c1-13(2)19(24-21(28)16-8-10-17(23)11-9-16)22(29)26-25-18(27)12-30-20-14(3)6-5-7-15(20)4/h5-11,13,19H,12H2,1-4H3,(H,24,28)(H,25,27)(H,26,29). The molecule has 0 saturated heterocycles. The van der Waals surface area contributed by atoms with Crippen molar-refractivity contribution in [3.8, 4) is 5.75 Å². The molecule has 1 atom stereocenters. The van der Waals surface area contributed by atoms with Crippen LogP contribution >= 0.6 is 0 Å². The predicted octanol–water partition coefficient (Wildman–Crippen LogP) is 2.42. The van der Waals surface area contributed by atoms with Gasteiger partial charge in [0.05, 0.1) is 0 Å². The largest absolute Gasteiger partial charge is 0.483 e. The van der Waals surface area contributed by atoms with Gasteiger partial charge in [0.15, 0.2) is 6.61 Å². The lowest BCUT2D eigenvalue weighted by molar-refractivity contribution is -0.131. The summed E-state index contributed by atoms with van der Waals surface area (Å²) in [6, 6.07) is 9.72. The number of aryl methyl sites for hydroxylation is 2. The highest BCUT2D eigenvalue weighted by Crippen LogP contribution is 2.21. The zero-order chi connectivity index (χ0) is 22.3. The molecule has 0 aliphatic heterocycles. The van der Waals surface area contributed by atoms with Crippen LogP contribution in [0.4, 0.5) is 4.39 Å². The summed E-state index contributed by atoms with van der Waals surface area (Å²) < 4.78 is 18.6. The second-order valence-corrected chi connectivity index (χ2v) is 7.25. The minimum Gasteiger partial charge on any atom is -0.483 e. The van der Waals surface area contributed by atoms with Crippen LogP contribution in [0.25, 0.3) is 0 Å². The van der Waals surface area contributed by atoms with Crippen LogP contribution in [0.1, 0.15) is 35.3 Å². The lowest BCUT2D eigenvalue weighted by Gasteiger charge is -2.22. The molecule has 3 N–H and O–H groups in total. The molecule has 2 aromatic carbocycles. The van der Waals surface area contributed by atoms with E-state index in [-0.39, 0.29) is 18.1 Å². The van der Waals surface area contributed by atoms with Crippen molar-refractivity contribution in [3.63, 3.8) is 0 Å². The van der Waals surface area contributed by atoms with E-state index >= 15 is 0 Å². The SMILES string of the molecule is Cc1cccc(C)c1OCC(=O)NNC(=O)C(NC(=O)c1ccc(F)cc1)C(C)C. The fourth-order valence-corrected chi connectivity index (χ4v) is 2.77. The fourth-order valence-electron chi connectivity index (χ4n) is 2.77. The van der Waals surface area contributed by atoms with Gasteiger partial charge in [-0.15, -0.1) is 0 Å². The van der Waals surface area contributed by atoms with E-state index in [1.54, 1.807) is 13.8 Å². The Morgan fingerprint density at radius 2 is 1.57 bits per heavy atom. The van der Waals surface area contributed by atoms with E-state index in [0.717, 1.165) is 23.3 Å². The van der Waals surface area contributed by atoms with Gasteiger partial charge in [0.2, 0.25) is 0 Å². The maximum Gasteiger partial charge on any atom is 0.276 e. The molecular formula is C22H26FN3O4. The summed E-state index contributed by atoms with van der Waals surface area (Å²) in [4.78, 5) is 36.8. The van der Waals surface area contributed by atoms with E-state index < -0.39 is 29.6 Å². The molecule has 2 rings (SSSR count). The number of carbonyl (C=O) groups is 3. The molecule has 0 fully saturated rings. The van der Waals surface area contributed by atoms with Crippen LogP contribution in [0, 0.1) is 25.6 Å². The molecule has 0 saturated carbocycles. The van der Waals surface area contributed by atoms with Crippen LogP contribution in [0.2, 0.25) is 0 Å². The van der Waals surface area contributed by atoms with Crippen LogP contribution in [-0.4, -0.2) is 30.4 Å². The number of hydrazine groups is 1. The minimum absolute atomic E-state index is 0.223. The van der Waals surface area contributed by atoms with Gasteiger partial charge in [0.1, 0.15) is 17.6 Å². The van der Waals surface area contributed by atoms with Gasteiger partial charge in [-0.05, 0) is 55.2 Å². The highest BCUT2D eigenvalue weighted by atomic mass is 19.1. The molecule has 0 aliphatic rings. The number of nitrogens with one attached hydrogen (secondary N) is 3. The van der Waals surface area contributed by atoms with Crippen LogP contribution in [0.3, 0.4) is 0 Å². The van der Waals surface area contributed by atoms with Crippen LogP contribution < -0.4 is 20.9 Å². The molecule has 0 aliphatic carbocycles. The molecule has 0 bridgehead atoms. The number of hydrogen-bond acceptors (Lipinski definition) is 4. The number of hydrogen-bond donors (Lipinski definition) is 3. The molecule has 0 aromatic heterocycles. The maximum atomic E-state index is 13.0. The average Bonchev–Trinajstić information content (AvgIpc) is 2.70. The Bertz CT molecular complexity index is 893. The topological polar surface area (TPSA) is 96.5 Å². The number of halogens is 1. The van der Waals surface area contributed by atoms with Gasteiger partial charge in [0.25, 0.3) is 17.7 Å². The van der Waals surface area contributed by atoms with Gasteiger partial charge in [-0.2, -0.15) is 0 Å². The van der Waals surface area contributed by atoms with Crippen molar-refractivity contribution < 1.29 is 23.5 Å². The second-order valence-electron chi connectivity index (χ2n) is 7.25. The number of carbonyl (C=O) groups excluding carboxylic acids is 3. The van der Waals surface area contributed by atoms with Crippen molar-refractivity contribution in [2.45, 2.75) is 33.7 Å². The molecule has 2 aromatic rings. The predicted molar refractivity (Wildman–Crippen MR) is 110 cm³/mol. The Labute approximate surface area is 175 Å². The quantitative estimate of drug-likeness (QED) is 0.605. The number of benzene rings is 2. The van der Waals surface area contributed by atoms with E-state index in [1.165, 1.54) is 12.1 Å². The Morgan fingerprint density at radius 3 is 2.13 bits per heavy atom. The fraction of sp³-hybridized carbons (Fsp3) is 0.318. The highest BCUT2D eigenvalue weighted by molar-refractivity contribution is 5.97. The highest BCUT2D eigenvalue weighted by Gasteiger charge is 2.25. The van der Waals surface area contributed by atoms with Crippen molar-refractivity contribution in [1.82, 2.24) is 16.2 Å². The third-order valence-electron chi connectivity index (χ3n) is 4.42. The van der Waals surface area contributed by atoms with Crippen molar-refractivity contribution in [3.05, 3.63) is 65.0 Å². The van der Waals surface area contributed by atoms with E-state index in [9.17, 15) is 18.8 Å². The van der Waals surface area contributed by atoms with E-state index in [4.69, 9.17) is 4.74 Å². The third-order valence-corrected chi connectivity index (χ3v) is 4.42. The van der Waals surface area contributed by atoms with Crippen LogP contribution in [0.5, 0.6) is 5.75 Å². The molecule has 0 heterocycles. The lowest BCUT2D eigenvalue weighted by Crippen LogP contribution is -2.55. The van der Waals surface area contributed by atoms with Crippen molar-refractivity contribution in [1.29, 1.82) is 0 Å². The molecule has 0 spiro atoms.